The van der Waals surface area contributed by atoms with Gasteiger partial charge < -0.3 is 35.3 Å². The molecule has 10 nitrogen and oxygen atoms in total. The van der Waals surface area contributed by atoms with Crippen LogP contribution in [0.2, 0.25) is 0 Å². The Morgan fingerprint density at radius 2 is 1.76 bits per heavy atom. The lowest BCUT2D eigenvalue weighted by molar-refractivity contribution is -0.105. The number of nitrogens with one attached hydrogen (secondary N) is 2. The summed E-state index contributed by atoms with van der Waals surface area (Å²) < 4.78 is 7.41. The fraction of sp³-hybridized carbons (Fsp3) is 0.208. The highest BCUT2D eigenvalue weighted by molar-refractivity contribution is 6.02. The van der Waals surface area contributed by atoms with E-state index in [2.05, 4.69) is 20.6 Å². The molecule has 2 aromatic heterocycles. The molecular weight excluding hydrogens is 438 g/mol. The Morgan fingerprint density at radius 1 is 1.00 bits per heavy atom. The van der Waals surface area contributed by atoms with Crippen LogP contribution in [0.3, 0.4) is 0 Å². The lowest BCUT2D eigenvalue weighted by Crippen LogP contribution is -2.33. The van der Waals surface area contributed by atoms with Gasteiger partial charge in [0, 0.05) is 23.1 Å². The van der Waals surface area contributed by atoms with Gasteiger partial charge in [-0.2, -0.15) is 0 Å². The first-order chi connectivity index (χ1) is 16.6. The van der Waals surface area contributed by atoms with Crippen molar-refractivity contribution in [1.29, 1.82) is 0 Å². The molecule has 1 aliphatic rings. The van der Waals surface area contributed by atoms with Crippen molar-refractivity contribution in [2.75, 3.05) is 17.2 Å². The van der Waals surface area contributed by atoms with E-state index < -0.39 is 31.1 Å². The monoisotopic (exact) mass is 461 g/mol. The second-order valence-corrected chi connectivity index (χ2v) is 7.93. The number of benzene rings is 2. The predicted octanol–water partition coefficient (Wildman–Crippen LogP) is 2.02. The number of hydrogen-bond donors (Lipinski definition) is 5. The second kappa shape index (κ2) is 9.20. The van der Waals surface area contributed by atoms with Gasteiger partial charge in [0.1, 0.15) is 36.1 Å². The Hall–Kier alpha value is -3.83. The average molecular weight is 461 g/mol. The normalized spacial score (nSPS) is 22.1. The number of fused-ring (bicyclic) bond motifs is 1. The maximum absolute atomic E-state index is 10.8. The Morgan fingerprint density at radius 3 is 2.44 bits per heavy atom. The van der Waals surface area contributed by atoms with Gasteiger partial charge in [0.25, 0.3) is 0 Å². The van der Waals surface area contributed by atoms with Gasteiger partial charge in [-0.25, -0.2) is 9.97 Å². The minimum atomic E-state index is -1.26. The van der Waals surface area contributed by atoms with Crippen molar-refractivity contribution >= 4 is 34.6 Å². The molecule has 1 amide bonds. The van der Waals surface area contributed by atoms with Crippen LogP contribution in [0.25, 0.3) is 22.2 Å². The van der Waals surface area contributed by atoms with Gasteiger partial charge in [0.2, 0.25) is 6.41 Å². The molecule has 4 atom stereocenters. The molecule has 5 rings (SSSR count). The van der Waals surface area contributed by atoms with Crippen molar-refractivity contribution < 1.29 is 24.9 Å². The van der Waals surface area contributed by atoms with Crippen molar-refractivity contribution in [2.24, 2.45) is 0 Å². The molecule has 5 N–H and O–H groups in total. The molecule has 34 heavy (non-hydrogen) atoms. The van der Waals surface area contributed by atoms with E-state index in [1.54, 1.807) is 22.9 Å². The molecule has 1 aliphatic heterocycles. The van der Waals surface area contributed by atoms with E-state index in [0.717, 1.165) is 16.8 Å². The number of ether oxygens (including phenoxy) is 1. The van der Waals surface area contributed by atoms with Crippen molar-refractivity contribution in [3.8, 4) is 11.1 Å². The number of aliphatic hydroxyl groups is 3. The summed E-state index contributed by atoms with van der Waals surface area (Å²) in [4.78, 5) is 19.7. The fourth-order valence-electron chi connectivity index (χ4n) is 4.17. The smallest absolute Gasteiger partial charge is 0.211 e. The van der Waals surface area contributed by atoms with E-state index >= 15 is 0 Å². The molecule has 1 saturated heterocycles. The Balaban J connectivity index is 1.67. The number of para-hydroxylation sites is 1. The van der Waals surface area contributed by atoms with E-state index in [9.17, 15) is 20.1 Å². The van der Waals surface area contributed by atoms with Crippen LogP contribution in [0, 0.1) is 0 Å². The molecule has 0 unspecified atom stereocenters. The molecule has 10 heteroatoms. The summed E-state index contributed by atoms with van der Waals surface area (Å²) in [5.74, 6) is 0.548. The zero-order valence-corrected chi connectivity index (χ0v) is 17.9. The maximum Gasteiger partial charge on any atom is 0.211 e. The van der Waals surface area contributed by atoms with Crippen LogP contribution in [-0.4, -0.2) is 61.2 Å². The topological polar surface area (TPSA) is 142 Å². The van der Waals surface area contributed by atoms with Crippen LogP contribution in [0.4, 0.5) is 17.2 Å². The van der Waals surface area contributed by atoms with Crippen molar-refractivity contribution in [3.63, 3.8) is 0 Å². The molecule has 3 heterocycles. The summed E-state index contributed by atoms with van der Waals surface area (Å²) >= 11 is 0. The molecule has 0 bridgehead atoms. The number of aliphatic hydroxyl groups excluding tert-OH is 3. The predicted molar refractivity (Wildman–Crippen MR) is 125 cm³/mol. The molecule has 4 aromatic rings. The number of aromatic nitrogens is 3. The highest BCUT2D eigenvalue weighted by Crippen LogP contribution is 2.39. The zero-order valence-electron chi connectivity index (χ0n) is 17.9. The summed E-state index contributed by atoms with van der Waals surface area (Å²) in [6.45, 7) is -0.429. The third-order valence-electron chi connectivity index (χ3n) is 5.86. The molecule has 0 spiro atoms. The number of rotatable bonds is 7. The first-order valence-corrected chi connectivity index (χ1v) is 10.7. The van der Waals surface area contributed by atoms with Gasteiger partial charge in [-0.1, -0.05) is 30.3 Å². The maximum atomic E-state index is 10.8. The van der Waals surface area contributed by atoms with Crippen LogP contribution in [0.5, 0.6) is 0 Å². The average Bonchev–Trinajstić information content (AvgIpc) is 3.38. The standard InChI is InChI=1S/C24H23N5O5/c30-11-18-20(32)21(33)24(34-18)29-10-17(14-6-8-15(9-7-14)27-13-31)19-22(25-12-26-23(19)29)28-16-4-2-1-3-5-16/h1-10,12-13,18,20-21,24,30,32-33H,11H2,(H,27,31)(H,25,26,28)/t18-,20+,21+,24-/m1/s1. The zero-order chi connectivity index (χ0) is 23.7. The summed E-state index contributed by atoms with van der Waals surface area (Å²) in [6.07, 6.45) is -0.589. The summed E-state index contributed by atoms with van der Waals surface area (Å²) in [7, 11) is 0. The quantitative estimate of drug-likeness (QED) is 0.263. The minimum absolute atomic E-state index is 0.429. The molecule has 2 aromatic carbocycles. The third-order valence-corrected chi connectivity index (χ3v) is 5.86. The molecule has 0 radical (unpaired) electrons. The van der Waals surface area contributed by atoms with Crippen LogP contribution in [-0.2, 0) is 9.53 Å². The van der Waals surface area contributed by atoms with E-state index in [0.29, 0.717) is 28.9 Å². The van der Waals surface area contributed by atoms with Gasteiger partial charge in [-0.15, -0.1) is 0 Å². The number of amides is 1. The molecule has 1 fully saturated rings. The van der Waals surface area contributed by atoms with Crippen LogP contribution < -0.4 is 10.6 Å². The van der Waals surface area contributed by atoms with Crippen molar-refractivity contribution in [2.45, 2.75) is 24.5 Å². The SMILES string of the molecule is O=CNc1ccc(-c2cn([C@@H]3O[C@H](CO)[C@H](O)[C@@H]3O)c3ncnc(Nc4ccccc4)c23)cc1. The summed E-state index contributed by atoms with van der Waals surface area (Å²) in [6, 6.07) is 16.8. The fourth-order valence-corrected chi connectivity index (χ4v) is 4.17. The second-order valence-electron chi connectivity index (χ2n) is 7.93. The summed E-state index contributed by atoms with van der Waals surface area (Å²) in [5.41, 5.74) is 3.53. The molecule has 0 saturated carbocycles. The number of carbonyl (C=O) groups excluding carboxylic acids is 1. The molecule has 0 aliphatic carbocycles. The van der Waals surface area contributed by atoms with Crippen LogP contribution in [0.1, 0.15) is 6.23 Å². The number of hydrogen-bond acceptors (Lipinski definition) is 8. The number of anilines is 3. The van der Waals surface area contributed by atoms with Gasteiger partial charge >= 0.3 is 0 Å². The van der Waals surface area contributed by atoms with E-state index in [4.69, 9.17) is 4.74 Å². The Kier molecular flexibility index (Phi) is 5.95. The van der Waals surface area contributed by atoms with Gasteiger partial charge in [-0.05, 0) is 29.8 Å². The van der Waals surface area contributed by atoms with Crippen LogP contribution >= 0.6 is 0 Å². The lowest BCUT2D eigenvalue weighted by atomic mass is 10.1. The van der Waals surface area contributed by atoms with Crippen molar-refractivity contribution in [3.05, 3.63) is 67.1 Å². The van der Waals surface area contributed by atoms with Crippen molar-refractivity contribution in [1.82, 2.24) is 14.5 Å². The van der Waals surface area contributed by atoms with Gasteiger partial charge in [-0.3, -0.25) is 4.79 Å². The summed E-state index contributed by atoms with van der Waals surface area (Å²) in [5, 5.41) is 37.1. The highest BCUT2D eigenvalue weighted by Gasteiger charge is 2.44. The van der Waals surface area contributed by atoms with E-state index in [-0.39, 0.29) is 0 Å². The van der Waals surface area contributed by atoms with E-state index in [1.165, 1.54) is 6.33 Å². The first-order valence-electron chi connectivity index (χ1n) is 10.7. The molecule has 174 valence electrons. The Bertz CT molecular complexity index is 1290. The first kappa shape index (κ1) is 22.0. The lowest BCUT2D eigenvalue weighted by Gasteiger charge is -2.17. The van der Waals surface area contributed by atoms with Gasteiger partial charge in [0.05, 0.1) is 12.0 Å². The van der Waals surface area contributed by atoms with E-state index in [1.807, 2.05) is 42.5 Å². The highest BCUT2D eigenvalue weighted by atomic mass is 16.6. The number of nitrogens with zero attached hydrogens (tertiary/aromatic N) is 3. The number of carbonyl (C=O) groups is 1. The third kappa shape index (κ3) is 3.88. The largest absolute Gasteiger partial charge is 0.394 e. The molecular formula is C24H23N5O5. The van der Waals surface area contributed by atoms with Gasteiger partial charge in [0.15, 0.2) is 6.23 Å². The minimum Gasteiger partial charge on any atom is -0.394 e. The van der Waals surface area contributed by atoms with Crippen LogP contribution in [0.15, 0.2) is 67.1 Å². The Labute approximate surface area is 194 Å².